The summed E-state index contributed by atoms with van der Waals surface area (Å²) in [6.45, 7) is 0. The predicted molar refractivity (Wildman–Crippen MR) is 119 cm³/mol. The van der Waals surface area contributed by atoms with Crippen LogP contribution in [0.5, 0.6) is 11.5 Å². The number of para-hydroxylation sites is 2. The van der Waals surface area contributed by atoms with Gasteiger partial charge in [-0.3, -0.25) is 0 Å². The fraction of sp³-hybridized carbons (Fsp3) is 0.182. The fourth-order valence-corrected chi connectivity index (χ4v) is 9.72. The zero-order chi connectivity index (χ0) is 21.3. The second-order valence-corrected chi connectivity index (χ2v) is 12.9. The Morgan fingerprint density at radius 2 is 1.29 bits per heavy atom. The summed E-state index contributed by atoms with van der Waals surface area (Å²) in [6, 6.07) is 26.1. The van der Waals surface area contributed by atoms with Crippen molar-refractivity contribution in [3.05, 3.63) is 96.1 Å². The van der Waals surface area contributed by atoms with Crippen LogP contribution in [-0.2, 0) is 19.6 Å². The van der Waals surface area contributed by atoms with E-state index in [0.29, 0.717) is 17.1 Å². The molecule has 2 saturated heterocycles. The molecule has 9 heteroatoms. The molecule has 5 nitrogen and oxygen atoms in total. The van der Waals surface area contributed by atoms with Gasteiger partial charge in [-0.05, 0) is 0 Å². The number of hydrogen-bond donors (Lipinski definition) is 0. The molecule has 3 heterocycles. The Bertz CT molecular complexity index is 1130. The van der Waals surface area contributed by atoms with Crippen molar-refractivity contribution in [2.45, 2.75) is 21.5 Å². The summed E-state index contributed by atoms with van der Waals surface area (Å²) >= 11 is 19.2. The van der Waals surface area contributed by atoms with Gasteiger partial charge in [-0.15, -0.1) is 0 Å². The molecule has 2 bridgehead atoms. The summed E-state index contributed by atoms with van der Waals surface area (Å²) in [4.78, 5) is 0. The molecule has 6 rings (SSSR count). The molecule has 0 aliphatic carbocycles. The van der Waals surface area contributed by atoms with Crippen molar-refractivity contribution in [3.63, 3.8) is 0 Å². The first-order valence-electron chi connectivity index (χ1n) is 9.61. The quantitative estimate of drug-likeness (QED) is 0.281. The molecule has 160 valence electrons. The van der Waals surface area contributed by atoms with Crippen molar-refractivity contribution in [1.29, 1.82) is 0 Å². The van der Waals surface area contributed by atoms with Gasteiger partial charge >= 0.3 is 194 Å². The predicted octanol–water partition coefficient (Wildman–Crippen LogP) is 7.04. The van der Waals surface area contributed by atoms with Gasteiger partial charge in [0.05, 0.1) is 0 Å². The second-order valence-electron chi connectivity index (χ2n) is 7.53. The average Bonchev–Trinajstić information content (AvgIpc) is 3.37. The molecular formula is C22H16Cl3O5P. The summed E-state index contributed by atoms with van der Waals surface area (Å²) in [5.74, 6) is -1.78. The van der Waals surface area contributed by atoms with Crippen molar-refractivity contribution >= 4 is 42.3 Å². The van der Waals surface area contributed by atoms with Crippen molar-refractivity contribution < 1.29 is 22.8 Å². The van der Waals surface area contributed by atoms with Gasteiger partial charge in [-0.2, -0.15) is 0 Å². The third-order valence-electron chi connectivity index (χ3n) is 5.54. The molecule has 3 aromatic carbocycles. The molecule has 3 aliphatic rings. The van der Waals surface area contributed by atoms with Crippen LogP contribution in [0.25, 0.3) is 0 Å². The zero-order valence-electron chi connectivity index (χ0n) is 15.9. The van der Waals surface area contributed by atoms with Crippen LogP contribution < -0.4 is 9.05 Å². The van der Waals surface area contributed by atoms with Gasteiger partial charge in [0.15, 0.2) is 0 Å². The second kappa shape index (κ2) is 6.49. The molecule has 1 spiro atoms. The number of rotatable bonds is 2. The Balaban J connectivity index is 1.60. The Morgan fingerprint density at radius 1 is 0.742 bits per heavy atom. The van der Waals surface area contributed by atoms with Crippen molar-refractivity contribution in [3.8, 4) is 11.5 Å². The van der Waals surface area contributed by atoms with Gasteiger partial charge in [-0.1, -0.05) is 0 Å². The SMILES string of the molecule is ClC(Cl)(Cl)C1OC2(c3ccccc3)OP13(Oc1ccccc1O3)OC2c1ccccc1. The maximum atomic E-state index is 6.66. The van der Waals surface area contributed by atoms with Crippen LogP contribution >= 0.6 is 42.3 Å². The fourth-order valence-electron chi connectivity index (χ4n) is 4.32. The Morgan fingerprint density at radius 3 is 1.87 bits per heavy atom. The number of benzene rings is 3. The van der Waals surface area contributed by atoms with E-state index in [1.54, 1.807) is 12.1 Å². The number of alkyl halides is 3. The van der Waals surface area contributed by atoms with Crippen molar-refractivity contribution in [1.82, 2.24) is 0 Å². The Kier molecular flexibility index (Phi) is 4.20. The van der Waals surface area contributed by atoms with Crippen LogP contribution in [0.4, 0.5) is 0 Å². The first-order chi connectivity index (χ1) is 14.8. The van der Waals surface area contributed by atoms with Crippen LogP contribution in [0.3, 0.4) is 0 Å². The Hall–Kier alpha value is -1.56. The molecule has 0 aromatic heterocycles. The number of fused-ring (bicyclic) bond motifs is 2. The van der Waals surface area contributed by atoms with E-state index in [1.807, 2.05) is 72.8 Å². The molecule has 31 heavy (non-hydrogen) atoms. The number of ether oxygens (including phenoxy) is 1. The molecule has 0 saturated carbocycles. The van der Waals surface area contributed by atoms with Gasteiger partial charge in [-0.25, -0.2) is 0 Å². The van der Waals surface area contributed by atoms with Crippen molar-refractivity contribution in [2.75, 3.05) is 0 Å². The Labute approximate surface area is 193 Å². The summed E-state index contributed by atoms with van der Waals surface area (Å²) in [6.07, 6.45) is -0.716. The summed E-state index contributed by atoms with van der Waals surface area (Å²) in [7, 11) is -4.62. The monoisotopic (exact) mass is 496 g/mol. The molecule has 3 unspecified atom stereocenters. The van der Waals surface area contributed by atoms with E-state index in [9.17, 15) is 0 Å². The third-order valence-corrected chi connectivity index (χ3v) is 10.1. The molecule has 3 atom stereocenters. The number of hydrogen-bond acceptors (Lipinski definition) is 5. The third kappa shape index (κ3) is 2.72. The minimum absolute atomic E-state index is 0.445. The molecule has 0 N–H and O–H groups in total. The van der Waals surface area contributed by atoms with Crippen LogP contribution in [0.1, 0.15) is 17.2 Å². The normalized spacial score (nSPS) is 30.7. The molecule has 3 aliphatic heterocycles. The average molecular weight is 498 g/mol. The van der Waals surface area contributed by atoms with Crippen LogP contribution in [-0.4, -0.2) is 9.64 Å². The first kappa shape index (κ1) is 20.1. The van der Waals surface area contributed by atoms with E-state index < -0.39 is 29.0 Å². The maximum absolute atomic E-state index is 6.66. The molecule has 2 fully saturated rings. The molecule has 3 aromatic rings. The van der Waals surface area contributed by atoms with Gasteiger partial charge in [0.2, 0.25) is 0 Å². The van der Waals surface area contributed by atoms with E-state index in [2.05, 4.69) is 0 Å². The minimum atomic E-state index is -4.62. The van der Waals surface area contributed by atoms with Gasteiger partial charge in [0, 0.05) is 0 Å². The first-order valence-corrected chi connectivity index (χ1v) is 12.7. The van der Waals surface area contributed by atoms with E-state index in [0.717, 1.165) is 5.56 Å². The van der Waals surface area contributed by atoms with E-state index >= 15 is 0 Å². The van der Waals surface area contributed by atoms with Gasteiger partial charge < -0.3 is 0 Å². The summed E-state index contributed by atoms with van der Waals surface area (Å²) < 4.78 is 30.6. The van der Waals surface area contributed by atoms with Gasteiger partial charge in [0.25, 0.3) is 0 Å². The zero-order valence-corrected chi connectivity index (χ0v) is 19.0. The number of halogens is 3. The summed E-state index contributed by atoms with van der Waals surface area (Å²) in [5.41, 5.74) is 1.52. The van der Waals surface area contributed by atoms with Crippen LogP contribution in [0.2, 0.25) is 0 Å². The summed E-state index contributed by atoms with van der Waals surface area (Å²) in [5, 5.41) is 0. The molecule has 0 radical (unpaired) electrons. The van der Waals surface area contributed by atoms with E-state index in [1.165, 1.54) is 0 Å². The standard InChI is InChI=1S/C22H16Cl3O5P/c23-22(24,25)20-26-21(16-11-5-2-6-12-16)19(15-9-3-1-4-10-15)29-31(20,30-21)27-17-13-7-8-14-18(17)28-31/h1-14,19-20H. The topological polar surface area (TPSA) is 46.2 Å². The van der Waals surface area contributed by atoms with E-state index in [4.69, 9.17) is 57.6 Å². The van der Waals surface area contributed by atoms with E-state index in [-0.39, 0.29) is 0 Å². The van der Waals surface area contributed by atoms with Crippen molar-refractivity contribution in [2.24, 2.45) is 0 Å². The van der Waals surface area contributed by atoms with Crippen LogP contribution in [0.15, 0.2) is 84.9 Å². The molecule has 0 amide bonds. The van der Waals surface area contributed by atoms with Gasteiger partial charge in [0.1, 0.15) is 0 Å². The van der Waals surface area contributed by atoms with Crippen LogP contribution in [0, 0.1) is 0 Å². The molecular weight excluding hydrogens is 482 g/mol.